The monoisotopic (exact) mass is 501 g/mol. The third-order valence-corrected chi connectivity index (χ3v) is 6.65. The van der Waals surface area contributed by atoms with Gasteiger partial charge in [0.2, 0.25) is 5.91 Å². The SMILES string of the molecule is CNC(=O)C[C@@H]1C[C@@H](c2ccc(F)c(F)c2)[C@H](NC(=O)c2ccccc2-c2c(Cl)cnn2C)CN1. The molecule has 7 nitrogen and oxygen atoms in total. The van der Waals surface area contributed by atoms with E-state index in [1.54, 1.807) is 37.0 Å². The normalized spacial score (nSPS) is 19.9. The highest BCUT2D eigenvalue weighted by atomic mass is 35.5. The second-order valence-electron chi connectivity index (χ2n) is 8.59. The van der Waals surface area contributed by atoms with Crippen LogP contribution in [-0.2, 0) is 11.8 Å². The summed E-state index contributed by atoms with van der Waals surface area (Å²) in [6.45, 7) is 0.353. The first-order valence-electron chi connectivity index (χ1n) is 11.2. The van der Waals surface area contributed by atoms with Crippen molar-refractivity contribution in [3.63, 3.8) is 0 Å². The third kappa shape index (κ3) is 5.36. The molecule has 2 aromatic carbocycles. The van der Waals surface area contributed by atoms with Gasteiger partial charge in [-0.1, -0.05) is 35.9 Å². The minimum absolute atomic E-state index is 0.129. The van der Waals surface area contributed by atoms with Crippen LogP contribution in [0.25, 0.3) is 11.3 Å². The van der Waals surface area contributed by atoms with Crippen LogP contribution in [0.4, 0.5) is 8.78 Å². The summed E-state index contributed by atoms with van der Waals surface area (Å²) in [5.74, 6) is -2.69. The fourth-order valence-corrected chi connectivity index (χ4v) is 4.85. The Bertz CT molecular complexity index is 1230. The lowest BCUT2D eigenvalue weighted by Gasteiger charge is -2.38. The van der Waals surface area contributed by atoms with E-state index in [1.807, 2.05) is 6.07 Å². The number of nitrogens with one attached hydrogen (secondary N) is 3. The van der Waals surface area contributed by atoms with Crippen LogP contribution in [0.1, 0.15) is 34.7 Å². The van der Waals surface area contributed by atoms with Gasteiger partial charge in [-0.25, -0.2) is 8.78 Å². The van der Waals surface area contributed by atoms with Crippen LogP contribution in [0.5, 0.6) is 0 Å². The van der Waals surface area contributed by atoms with Gasteiger partial charge < -0.3 is 16.0 Å². The molecule has 35 heavy (non-hydrogen) atoms. The number of rotatable bonds is 6. The van der Waals surface area contributed by atoms with Gasteiger partial charge in [-0.3, -0.25) is 14.3 Å². The fraction of sp³-hybridized carbons (Fsp3) is 0.320. The number of amides is 2. The van der Waals surface area contributed by atoms with Crippen molar-refractivity contribution in [3.05, 3.63) is 76.4 Å². The zero-order valence-electron chi connectivity index (χ0n) is 19.3. The van der Waals surface area contributed by atoms with Crippen LogP contribution in [0.15, 0.2) is 48.7 Å². The predicted molar refractivity (Wildman–Crippen MR) is 129 cm³/mol. The van der Waals surface area contributed by atoms with Crippen molar-refractivity contribution in [1.29, 1.82) is 0 Å². The molecule has 0 spiro atoms. The van der Waals surface area contributed by atoms with E-state index in [2.05, 4.69) is 21.0 Å². The largest absolute Gasteiger partial charge is 0.359 e. The van der Waals surface area contributed by atoms with Crippen molar-refractivity contribution in [1.82, 2.24) is 25.7 Å². The van der Waals surface area contributed by atoms with Gasteiger partial charge >= 0.3 is 0 Å². The first-order chi connectivity index (χ1) is 16.8. The van der Waals surface area contributed by atoms with Crippen LogP contribution >= 0.6 is 11.6 Å². The predicted octanol–water partition coefficient (Wildman–Crippen LogP) is 3.40. The molecule has 1 fully saturated rings. The zero-order valence-corrected chi connectivity index (χ0v) is 20.1. The number of carbonyl (C=O) groups excluding carboxylic acids is 2. The summed E-state index contributed by atoms with van der Waals surface area (Å²) in [4.78, 5) is 25.4. The molecular formula is C25H26ClF2N5O2. The molecule has 0 unspecified atom stereocenters. The van der Waals surface area contributed by atoms with Gasteiger partial charge in [0.05, 0.1) is 16.9 Å². The maximum Gasteiger partial charge on any atom is 0.252 e. The molecule has 3 atom stereocenters. The van der Waals surface area contributed by atoms with Gasteiger partial charge in [-0.05, 0) is 30.2 Å². The van der Waals surface area contributed by atoms with Gasteiger partial charge in [0.25, 0.3) is 5.91 Å². The fourth-order valence-electron chi connectivity index (χ4n) is 4.58. The number of benzene rings is 2. The Morgan fingerprint density at radius 2 is 1.97 bits per heavy atom. The molecular weight excluding hydrogens is 476 g/mol. The van der Waals surface area contributed by atoms with Gasteiger partial charge in [0, 0.05) is 56.2 Å². The van der Waals surface area contributed by atoms with Crippen molar-refractivity contribution >= 4 is 23.4 Å². The minimum Gasteiger partial charge on any atom is -0.359 e. The Labute approximate surface area is 206 Å². The Kier molecular flexibility index (Phi) is 7.47. The lowest BCUT2D eigenvalue weighted by atomic mass is 9.81. The Morgan fingerprint density at radius 3 is 2.66 bits per heavy atom. The van der Waals surface area contributed by atoms with Gasteiger partial charge in [-0.15, -0.1) is 0 Å². The Hall–Kier alpha value is -3.30. The highest BCUT2D eigenvalue weighted by molar-refractivity contribution is 6.33. The highest BCUT2D eigenvalue weighted by Gasteiger charge is 2.34. The lowest BCUT2D eigenvalue weighted by molar-refractivity contribution is -0.121. The summed E-state index contributed by atoms with van der Waals surface area (Å²) in [6, 6.07) is 10.2. The molecule has 184 valence electrons. The van der Waals surface area contributed by atoms with E-state index >= 15 is 0 Å². The zero-order chi connectivity index (χ0) is 25.1. The van der Waals surface area contributed by atoms with Crippen LogP contribution in [0.3, 0.4) is 0 Å². The molecule has 2 heterocycles. The Balaban J connectivity index is 1.62. The van der Waals surface area contributed by atoms with E-state index in [1.165, 1.54) is 12.3 Å². The molecule has 3 aromatic rings. The van der Waals surface area contributed by atoms with Gasteiger partial charge in [0.15, 0.2) is 11.6 Å². The summed E-state index contributed by atoms with van der Waals surface area (Å²) in [5.41, 5.74) is 2.21. The summed E-state index contributed by atoms with van der Waals surface area (Å²) in [5, 5.41) is 13.5. The molecule has 0 bridgehead atoms. The third-order valence-electron chi connectivity index (χ3n) is 6.37. The number of carbonyl (C=O) groups is 2. The van der Waals surface area contributed by atoms with E-state index in [0.29, 0.717) is 40.4 Å². The topological polar surface area (TPSA) is 88.1 Å². The number of piperidine rings is 1. The highest BCUT2D eigenvalue weighted by Crippen LogP contribution is 2.32. The van der Waals surface area contributed by atoms with E-state index in [4.69, 9.17) is 11.6 Å². The number of aryl methyl sites for hydroxylation is 1. The molecule has 10 heteroatoms. The smallest absolute Gasteiger partial charge is 0.252 e. The summed E-state index contributed by atoms with van der Waals surface area (Å²) < 4.78 is 29.3. The van der Waals surface area contributed by atoms with Crippen molar-refractivity contribution in [2.45, 2.75) is 30.8 Å². The average Bonchev–Trinajstić information content (AvgIpc) is 3.19. The molecule has 1 aliphatic rings. The summed E-state index contributed by atoms with van der Waals surface area (Å²) in [6.07, 6.45) is 2.21. The van der Waals surface area contributed by atoms with Gasteiger partial charge in [0.1, 0.15) is 0 Å². The Morgan fingerprint density at radius 1 is 1.20 bits per heavy atom. The number of aromatic nitrogens is 2. The molecule has 1 aromatic heterocycles. The quantitative estimate of drug-likeness (QED) is 0.483. The molecule has 1 aliphatic heterocycles. The maximum atomic E-state index is 14.1. The number of nitrogens with zero attached hydrogens (tertiary/aromatic N) is 2. The number of halogens is 3. The first-order valence-corrected chi connectivity index (χ1v) is 11.6. The second kappa shape index (κ2) is 10.5. The van der Waals surface area contributed by atoms with Crippen molar-refractivity contribution in [2.24, 2.45) is 7.05 Å². The molecule has 0 aliphatic carbocycles. The second-order valence-corrected chi connectivity index (χ2v) is 9.00. The molecule has 3 N–H and O–H groups in total. The summed E-state index contributed by atoms with van der Waals surface area (Å²) in [7, 11) is 3.31. The van der Waals surface area contributed by atoms with Crippen LogP contribution in [0.2, 0.25) is 5.02 Å². The van der Waals surface area contributed by atoms with Crippen molar-refractivity contribution < 1.29 is 18.4 Å². The van der Waals surface area contributed by atoms with Crippen LogP contribution in [0, 0.1) is 11.6 Å². The van der Waals surface area contributed by atoms with E-state index in [-0.39, 0.29) is 30.2 Å². The average molecular weight is 502 g/mol. The summed E-state index contributed by atoms with van der Waals surface area (Å²) >= 11 is 6.32. The standard InChI is InChI=1S/C25H26ClF2N5O2/c1-29-23(34)11-15-10-18(14-7-8-20(27)21(28)9-14)22(13-30-15)32-25(35)17-6-4-3-5-16(17)24-19(26)12-31-33(24)2/h3-9,12,15,18,22,30H,10-11,13H2,1-2H3,(H,29,34)(H,32,35)/t15-,18-,22+/m0/s1. The minimum atomic E-state index is -0.954. The van der Waals surface area contributed by atoms with Crippen molar-refractivity contribution in [2.75, 3.05) is 13.6 Å². The first kappa shape index (κ1) is 24.8. The van der Waals surface area contributed by atoms with E-state index in [9.17, 15) is 18.4 Å². The van der Waals surface area contributed by atoms with Gasteiger partial charge in [-0.2, -0.15) is 5.10 Å². The number of hydrogen-bond donors (Lipinski definition) is 3. The molecule has 4 rings (SSSR count). The molecule has 0 radical (unpaired) electrons. The molecule has 2 amide bonds. The molecule has 1 saturated heterocycles. The molecule has 0 saturated carbocycles. The number of hydrogen-bond acceptors (Lipinski definition) is 4. The van der Waals surface area contributed by atoms with Crippen LogP contribution in [-0.4, -0.2) is 47.3 Å². The van der Waals surface area contributed by atoms with E-state index in [0.717, 1.165) is 12.1 Å². The lowest BCUT2D eigenvalue weighted by Crippen LogP contribution is -2.54. The maximum absolute atomic E-state index is 14.1. The van der Waals surface area contributed by atoms with Crippen molar-refractivity contribution in [3.8, 4) is 11.3 Å². The van der Waals surface area contributed by atoms with Crippen LogP contribution < -0.4 is 16.0 Å². The van der Waals surface area contributed by atoms with E-state index < -0.39 is 17.7 Å².